The molecule has 1 aromatic heterocycles. The first-order valence-corrected chi connectivity index (χ1v) is 6.34. The Morgan fingerprint density at radius 2 is 2.06 bits per heavy atom. The van der Waals surface area contributed by atoms with Crippen LogP contribution < -0.4 is 5.56 Å². The molecule has 2 aromatic rings. The van der Waals surface area contributed by atoms with Gasteiger partial charge in [0.25, 0.3) is 5.56 Å². The Balaban J connectivity index is 2.22. The molecular formula is C14H15FN2O. The second-order valence-corrected chi connectivity index (χ2v) is 5.01. The summed E-state index contributed by atoms with van der Waals surface area (Å²) in [4.78, 5) is 16.6. The summed E-state index contributed by atoms with van der Waals surface area (Å²) in [5.74, 6) is -0.312. The van der Waals surface area contributed by atoms with Crippen LogP contribution >= 0.6 is 0 Å². The van der Waals surface area contributed by atoms with E-state index < -0.39 is 0 Å². The summed E-state index contributed by atoms with van der Waals surface area (Å²) in [5.41, 5.74) is 0.887. The molecule has 0 spiro atoms. The van der Waals surface area contributed by atoms with Crippen LogP contribution in [0.5, 0.6) is 0 Å². The molecule has 3 rings (SSSR count). The van der Waals surface area contributed by atoms with Gasteiger partial charge < -0.3 is 0 Å². The molecule has 4 heteroatoms. The minimum absolute atomic E-state index is 0.0463. The van der Waals surface area contributed by atoms with E-state index in [0.717, 1.165) is 25.7 Å². The Morgan fingerprint density at radius 3 is 2.78 bits per heavy atom. The predicted octanol–water partition coefficient (Wildman–Crippen LogP) is 2.96. The van der Waals surface area contributed by atoms with Gasteiger partial charge in [0.05, 0.1) is 17.2 Å². The number of nitrogens with zero attached hydrogens (tertiary/aromatic N) is 2. The van der Waals surface area contributed by atoms with Gasteiger partial charge in [-0.3, -0.25) is 9.36 Å². The van der Waals surface area contributed by atoms with E-state index in [1.807, 2.05) is 0 Å². The number of benzene rings is 1. The van der Waals surface area contributed by atoms with Crippen LogP contribution in [-0.2, 0) is 0 Å². The van der Waals surface area contributed by atoms with E-state index in [2.05, 4.69) is 4.98 Å². The molecule has 1 aromatic carbocycles. The quantitative estimate of drug-likeness (QED) is 0.775. The molecule has 0 aliphatic heterocycles. The number of halogens is 1. The number of hydrogen-bond donors (Lipinski definition) is 0. The number of hydrogen-bond acceptors (Lipinski definition) is 2. The summed E-state index contributed by atoms with van der Waals surface area (Å²) < 4.78 is 15.1. The minimum atomic E-state index is -0.312. The zero-order chi connectivity index (χ0) is 12.7. The molecule has 1 aliphatic rings. The molecule has 3 nitrogen and oxygen atoms in total. The third-order valence-electron chi connectivity index (χ3n) is 3.78. The molecule has 0 unspecified atom stereocenters. The Hall–Kier alpha value is -1.71. The molecule has 0 bridgehead atoms. The second kappa shape index (κ2) is 4.19. The van der Waals surface area contributed by atoms with E-state index in [-0.39, 0.29) is 17.4 Å². The van der Waals surface area contributed by atoms with Gasteiger partial charge in [0, 0.05) is 12.1 Å². The van der Waals surface area contributed by atoms with Crippen LogP contribution in [0.2, 0.25) is 0 Å². The molecule has 0 radical (unpaired) electrons. The zero-order valence-electron chi connectivity index (χ0n) is 10.3. The van der Waals surface area contributed by atoms with Gasteiger partial charge in [0.15, 0.2) is 0 Å². The van der Waals surface area contributed by atoms with Gasteiger partial charge in [0.2, 0.25) is 0 Å². The van der Waals surface area contributed by atoms with Crippen LogP contribution in [0, 0.1) is 12.7 Å². The summed E-state index contributed by atoms with van der Waals surface area (Å²) in [7, 11) is 0. The number of fused-ring (bicyclic) bond motifs is 1. The van der Waals surface area contributed by atoms with Crippen LogP contribution in [0.3, 0.4) is 0 Å². The van der Waals surface area contributed by atoms with Crippen molar-refractivity contribution in [3.63, 3.8) is 0 Å². The zero-order valence-corrected chi connectivity index (χ0v) is 10.3. The maximum atomic E-state index is 13.4. The average molecular weight is 246 g/mol. The van der Waals surface area contributed by atoms with Crippen molar-refractivity contribution in [1.82, 2.24) is 9.55 Å². The Labute approximate surface area is 104 Å². The van der Waals surface area contributed by atoms with Gasteiger partial charge in [-0.2, -0.15) is 0 Å². The third kappa shape index (κ3) is 1.72. The second-order valence-electron chi connectivity index (χ2n) is 5.01. The molecule has 1 aliphatic carbocycles. The summed E-state index contributed by atoms with van der Waals surface area (Å²) in [6.45, 7) is 1.67. The highest BCUT2D eigenvalue weighted by Crippen LogP contribution is 2.28. The number of aromatic nitrogens is 2. The van der Waals surface area contributed by atoms with E-state index in [1.165, 1.54) is 6.07 Å². The first-order valence-electron chi connectivity index (χ1n) is 6.34. The monoisotopic (exact) mass is 246 g/mol. The van der Waals surface area contributed by atoms with E-state index >= 15 is 0 Å². The summed E-state index contributed by atoms with van der Waals surface area (Å²) in [6, 6.07) is 3.20. The van der Waals surface area contributed by atoms with E-state index in [4.69, 9.17) is 0 Å². The molecule has 0 saturated heterocycles. The lowest BCUT2D eigenvalue weighted by molar-refractivity contribution is 0.499. The fraction of sp³-hybridized carbons (Fsp3) is 0.429. The summed E-state index contributed by atoms with van der Waals surface area (Å²) in [5, 5.41) is 0.517. The van der Waals surface area contributed by atoms with Gasteiger partial charge in [-0.1, -0.05) is 12.8 Å². The van der Waals surface area contributed by atoms with E-state index in [0.29, 0.717) is 16.5 Å². The van der Waals surface area contributed by atoms with Crippen LogP contribution in [-0.4, -0.2) is 9.55 Å². The van der Waals surface area contributed by atoms with E-state index in [9.17, 15) is 9.18 Å². The fourth-order valence-electron chi connectivity index (χ4n) is 2.71. The highest BCUT2D eigenvalue weighted by Gasteiger charge is 2.19. The largest absolute Gasteiger partial charge is 0.296 e. The highest BCUT2D eigenvalue weighted by atomic mass is 19.1. The minimum Gasteiger partial charge on any atom is -0.296 e. The normalized spacial score (nSPS) is 16.6. The number of aryl methyl sites for hydroxylation is 1. The maximum absolute atomic E-state index is 13.4. The SMILES string of the molecule is Cc1cc2c(=O)n(C3CCCC3)cnc2cc1F. The number of rotatable bonds is 1. The van der Waals surface area contributed by atoms with Crippen molar-refractivity contribution in [2.75, 3.05) is 0 Å². The Bertz CT molecular complexity index is 657. The van der Waals surface area contributed by atoms with Crippen molar-refractivity contribution in [3.8, 4) is 0 Å². The van der Waals surface area contributed by atoms with Gasteiger partial charge in [0.1, 0.15) is 5.82 Å². The molecule has 18 heavy (non-hydrogen) atoms. The first kappa shape index (κ1) is 11.4. The predicted molar refractivity (Wildman–Crippen MR) is 68.2 cm³/mol. The molecular weight excluding hydrogens is 231 g/mol. The summed E-state index contributed by atoms with van der Waals surface area (Å²) in [6.07, 6.45) is 5.96. The lowest BCUT2D eigenvalue weighted by Gasteiger charge is -2.13. The molecule has 1 heterocycles. The topological polar surface area (TPSA) is 34.9 Å². The van der Waals surface area contributed by atoms with Crippen molar-refractivity contribution in [2.45, 2.75) is 38.6 Å². The lowest BCUT2D eigenvalue weighted by Crippen LogP contribution is -2.23. The van der Waals surface area contributed by atoms with Gasteiger partial charge >= 0.3 is 0 Å². The Kier molecular flexibility index (Phi) is 2.65. The van der Waals surface area contributed by atoms with Crippen LogP contribution in [0.15, 0.2) is 23.3 Å². The van der Waals surface area contributed by atoms with Crippen molar-refractivity contribution in [1.29, 1.82) is 0 Å². The van der Waals surface area contributed by atoms with Gasteiger partial charge in [-0.05, 0) is 31.4 Å². The van der Waals surface area contributed by atoms with Crippen molar-refractivity contribution in [3.05, 3.63) is 40.2 Å². The fourth-order valence-corrected chi connectivity index (χ4v) is 2.71. The lowest BCUT2D eigenvalue weighted by atomic mass is 10.1. The summed E-state index contributed by atoms with van der Waals surface area (Å²) >= 11 is 0. The van der Waals surface area contributed by atoms with Gasteiger partial charge in [-0.25, -0.2) is 9.37 Å². The molecule has 0 amide bonds. The van der Waals surface area contributed by atoms with Crippen LogP contribution in [0.4, 0.5) is 4.39 Å². The van der Waals surface area contributed by atoms with Crippen molar-refractivity contribution >= 4 is 10.9 Å². The molecule has 1 fully saturated rings. The van der Waals surface area contributed by atoms with Crippen LogP contribution in [0.25, 0.3) is 10.9 Å². The van der Waals surface area contributed by atoms with E-state index in [1.54, 1.807) is 23.9 Å². The Morgan fingerprint density at radius 1 is 1.33 bits per heavy atom. The molecule has 94 valence electrons. The molecule has 1 saturated carbocycles. The molecule has 0 atom stereocenters. The van der Waals surface area contributed by atoms with Crippen molar-refractivity contribution < 1.29 is 4.39 Å². The standard InChI is InChI=1S/C14H15FN2O/c1-9-6-11-13(7-12(9)15)16-8-17(14(11)18)10-4-2-3-5-10/h6-8,10H,2-5H2,1H3. The smallest absolute Gasteiger partial charge is 0.261 e. The first-order chi connectivity index (χ1) is 8.66. The van der Waals surface area contributed by atoms with Crippen LogP contribution in [0.1, 0.15) is 37.3 Å². The van der Waals surface area contributed by atoms with Crippen molar-refractivity contribution in [2.24, 2.45) is 0 Å². The maximum Gasteiger partial charge on any atom is 0.261 e. The molecule has 0 N–H and O–H groups in total. The average Bonchev–Trinajstić information content (AvgIpc) is 2.86. The highest BCUT2D eigenvalue weighted by molar-refractivity contribution is 5.78. The van der Waals surface area contributed by atoms with Gasteiger partial charge in [-0.15, -0.1) is 0 Å². The third-order valence-corrected chi connectivity index (χ3v) is 3.78.